The lowest BCUT2D eigenvalue weighted by molar-refractivity contribution is -0.117. The number of phenols is 1. The molecule has 2 aromatic carbocycles. The first kappa shape index (κ1) is 14.7. The summed E-state index contributed by atoms with van der Waals surface area (Å²) in [7, 11) is 3.54. The molecule has 1 amide bonds. The van der Waals surface area contributed by atoms with Gasteiger partial charge in [0.15, 0.2) is 0 Å². The van der Waals surface area contributed by atoms with E-state index in [4.69, 9.17) is 5.73 Å². The molecule has 0 aliphatic rings. The smallest absolute Gasteiger partial charge is 0.246 e. The number of hydrogen-bond acceptors (Lipinski definition) is 4. The molecule has 0 unspecified atom stereocenters. The number of phenolic OH excluding ortho intramolecular Hbond substituents is 1. The Kier molecular flexibility index (Phi) is 4.33. The molecule has 5 heteroatoms. The molecule has 0 fully saturated rings. The number of rotatable bonds is 4. The third-order valence-electron chi connectivity index (χ3n) is 3.30. The normalized spacial score (nSPS) is 10.2. The summed E-state index contributed by atoms with van der Waals surface area (Å²) in [5.41, 5.74) is 7.88. The van der Waals surface area contributed by atoms with Crippen molar-refractivity contribution in [2.75, 3.05) is 36.2 Å². The van der Waals surface area contributed by atoms with Gasteiger partial charge < -0.3 is 20.6 Å². The Balaban J connectivity index is 2.05. The van der Waals surface area contributed by atoms with Gasteiger partial charge in [0.1, 0.15) is 5.75 Å². The van der Waals surface area contributed by atoms with E-state index in [0.717, 1.165) is 11.4 Å². The molecule has 110 valence electrons. The molecule has 0 radical (unpaired) electrons. The molecular formula is C16H19N3O2. The number of carbonyl (C=O) groups excluding carboxylic acids is 1. The van der Waals surface area contributed by atoms with E-state index in [1.165, 1.54) is 0 Å². The predicted octanol–water partition coefficient (Wildman–Crippen LogP) is 2.07. The largest absolute Gasteiger partial charge is 0.508 e. The first-order valence-corrected chi connectivity index (χ1v) is 6.59. The number of amides is 1. The lowest BCUT2D eigenvalue weighted by Gasteiger charge is -2.23. The molecule has 21 heavy (non-hydrogen) atoms. The van der Waals surface area contributed by atoms with Gasteiger partial charge in [-0.25, -0.2) is 0 Å². The van der Waals surface area contributed by atoms with E-state index in [0.29, 0.717) is 5.69 Å². The van der Waals surface area contributed by atoms with Crippen LogP contribution < -0.4 is 15.5 Å². The number of aromatic hydroxyl groups is 1. The van der Waals surface area contributed by atoms with Gasteiger partial charge in [-0.15, -0.1) is 0 Å². The van der Waals surface area contributed by atoms with Crippen LogP contribution in [0.25, 0.3) is 0 Å². The van der Waals surface area contributed by atoms with Gasteiger partial charge in [0.25, 0.3) is 0 Å². The molecule has 0 saturated carbocycles. The number of likely N-dealkylation sites (N-methyl/N-ethyl adjacent to an activating group) is 2. The zero-order valence-corrected chi connectivity index (χ0v) is 12.2. The number of anilines is 3. The summed E-state index contributed by atoms with van der Waals surface area (Å²) in [6.07, 6.45) is 0. The fourth-order valence-corrected chi connectivity index (χ4v) is 1.97. The van der Waals surface area contributed by atoms with Crippen molar-refractivity contribution < 1.29 is 9.90 Å². The Morgan fingerprint density at radius 1 is 1.10 bits per heavy atom. The van der Waals surface area contributed by atoms with Crippen LogP contribution >= 0.6 is 0 Å². The molecule has 5 nitrogen and oxygen atoms in total. The van der Waals surface area contributed by atoms with Crippen LogP contribution in [-0.2, 0) is 4.79 Å². The molecule has 0 aliphatic heterocycles. The molecule has 0 aromatic heterocycles. The molecule has 0 atom stereocenters. The van der Waals surface area contributed by atoms with E-state index in [1.54, 1.807) is 47.2 Å². The highest BCUT2D eigenvalue weighted by Gasteiger charge is 2.14. The Bertz CT molecular complexity index is 626. The summed E-state index contributed by atoms with van der Waals surface area (Å²) < 4.78 is 0. The van der Waals surface area contributed by atoms with Gasteiger partial charge in [0, 0.05) is 37.2 Å². The summed E-state index contributed by atoms with van der Waals surface area (Å²) in [4.78, 5) is 15.7. The first-order valence-electron chi connectivity index (χ1n) is 6.59. The predicted molar refractivity (Wildman–Crippen MR) is 85.6 cm³/mol. The molecule has 0 aliphatic carbocycles. The number of benzene rings is 2. The zero-order valence-electron chi connectivity index (χ0n) is 12.2. The summed E-state index contributed by atoms with van der Waals surface area (Å²) in [5.74, 6) is 0.129. The van der Waals surface area contributed by atoms with E-state index < -0.39 is 0 Å². The Labute approximate surface area is 124 Å². The number of nitrogens with two attached hydrogens (primary N) is 1. The fourth-order valence-electron chi connectivity index (χ4n) is 1.97. The Morgan fingerprint density at radius 3 is 2.38 bits per heavy atom. The molecule has 2 aromatic rings. The standard InChI is InChI=1S/C16H19N3O2/c1-18(14-4-3-5-15(20)10-14)11-16(21)19(2)13-8-6-12(17)7-9-13/h3-10,20H,11,17H2,1-2H3. The van der Waals surface area contributed by atoms with E-state index in [2.05, 4.69) is 0 Å². The lowest BCUT2D eigenvalue weighted by Crippen LogP contribution is -2.36. The monoisotopic (exact) mass is 285 g/mol. The topological polar surface area (TPSA) is 69.8 Å². The van der Waals surface area contributed by atoms with Crippen LogP contribution in [0.4, 0.5) is 17.1 Å². The highest BCUT2D eigenvalue weighted by Crippen LogP contribution is 2.20. The van der Waals surface area contributed by atoms with Crippen molar-refractivity contribution in [3.8, 4) is 5.75 Å². The molecule has 2 rings (SSSR count). The second-order valence-corrected chi connectivity index (χ2v) is 4.92. The van der Waals surface area contributed by atoms with Gasteiger partial charge in [-0.1, -0.05) is 6.07 Å². The van der Waals surface area contributed by atoms with Crippen molar-refractivity contribution in [3.05, 3.63) is 48.5 Å². The van der Waals surface area contributed by atoms with Gasteiger partial charge in [0.05, 0.1) is 6.54 Å². The van der Waals surface area contributed by atoms with E-state index in [-0.39, 0.29) is 18.2 Å². The highest BCUT2D eigenvalue weighted by atomic mass is 16.3. The maximum atomic E-state index is 12.3. The van der Waals surface area contributed by atoms with Crippen molar-refractivity contribution >= 4 is 23.0 Å². The van der Waals surface area contributed by atoms with Crippen LogP contribution in [0.5, 0.6) is 5.75 Å². The fraction of sp³-hybridized carbons (Fsp3) is 0.188. The third-order valence-corrected chi connectivity index (χ3v) is 3.30. The minimum absolute atomic E-state index is 0.0504. The lowest BCUT2D eigenvalue weighted by atomic mass is 10.2. The summed E-state index contributed by atoms with van der Waals surface area (Å²) in [6.45, 7) is 0.213. The van der Waals surface area contributed by atoms with Crippen molar-refractivity contribution in [3.63, 3.8) is 0 Å². The van der Waals surface area contributed by atoms with Crippen LogP contribution in [0.1, 0.15) is 0 Å². The van der Waals surface area contributed by atoms with Crippen molar-refractivity contribution in [2.45, 2.75) is 0 Å². The van der Waals surface area contributed by atoms with Crippen LogP contribution in [-0.4, -0.2) is 31.7 Å². The zero-order chi connectivity index (χ0) is 15.4. The van der Waals surface area contributed by atoms with Gasteiger partial charge in [-0.3, -0.25) is 4.79 Å². The van der Waals surface area contributed by atoms with Crippen molar-refractivity contribution in [1.82, 2.24) is 0 Å². The van der Waals surface area contributed by atoms with Gasteiger partial charge >= 0.3 is 0 Å². The van der Waals surface area contributed by atoms with Gasteiger partial charge in [-0.05, 0) is 36.4 Å². The van der Waals surface area contributed by atoms with Crippen LogP contribution in [0, 0.1) is 0 Å². The third kappa shape index (κ3) is 3.66. The van der Waals surface area contributed by atoms with Gasteiger partial charge in [-0.2, -0.15) is 0 Å². The molecule has 3 N–H and O–H groups in total. The average molecular weight is 285 g/mol. The summed E-state index contributed by atoms with van der Waals surface area (Å²) in [6, 6.07) is 13.9. The molecule has 0 spiro atoms. The SMILES string of the molecule is CN(CC(=O)N(C)c1ccc(N)cc1)c1cccc(O)c1. The average Bonchev–Trinajstić information content (AvgIpc) is 2.47. The highest BCUT2D eigenvalue weighted by molar-refractivity contribution is 5.96. The second kappa shape index (κ2) is 6.17. The number of nitrogens with zero attached hydrogens (tertiary/aromatic N) is 2. The van der Waals surface area contributed by atoms with E-state index in [9.17, 15) is 9.90 Å². The van der Waals surface area contributed by atoms with Crippen LogP contribution in [0.2, 0.25) is 0 Å². The minimum atomic E-state index is -0.0504. The molecule has 0 bridgehead atoms. The van der Waals surface area contributed by atoms with Crippen LogP contribution in [0.15, 0.2) is 48.5 Å². The number of hydrogen-bond donors (Lipinski definition) is 2. The summed E-state index contributed by atoms with van der Waals surface area (Å²) in [5, 5.41) is 9.48. The Hall–Kier alpha value is -2.69. The number of carbonyl (C=O) groups is 1. The maximum absolute atomic E-state index is 12.3. The Morgan fingerprint density at radius 2 is 1.76 bits per heavy atom. The molecular weight excluding hydrogens is 266 g/mol. The first-order chi connectivity index (χ1) is 9.97. The summed E-state index contributed by atoms with van der Waals surface area (Å²) >= 11 is 0. The number of nitrogen functional groups attached to an aromatic ring is 1. The second-order valence-electron chi connectivity index (χ2n) is 4.92. The maximum Gasteiger partial charge on any atom is 0.246 e. The molecule has 0 heterocycles. The van der Waals surface area contributed by atoms with E-state index in [1.807, 2.05) is 25.2 Å². The quantitative estimate of drug-likeness (QED) is 0.844. The minimum Gasteiger partial charge on any atom is -0.508 e. The van der Waals surface area contributed by atoms with Crippen molar-refractivity contribution in [2.24, 2.45) is 0 Å². The van der Waals surface area contributed by atoms with Gasteiger partial charge in [0.2, 0.25) is 5.91 Å². The molecule has 0 saturated heterocycles. The van der Waals surface area contributed by atoms with Crippen molar-refractivity contribution in [1.29, 1.82) is 0 Å². The van der Waals surface area contributed by atoms with Crippen LogP contribution in [0.3, 0.4) is 0 Å². The van der Waals surface area contributed by atoms with E-state index >= 15 is 0 Å².